The molecule has 0 radical (unpaired) electrons. The van der Waals surface area contributed by atoms with E-state index >= 15 is 0 Å². The van der Waals surface area contributed by atoms with E-state index in [1.807, 2.05) is 24.3 Å². The van der Waals surface area contributed by atoms with Crippen molar-refractivity contribution >= 4 is 0 Å². The molecule has 0 aliphatic rings. The van der Waals surface area contributed by atoms with Crippen LogP contribution in [0.25, 0.3) is 0 Å². The molecule has 0 aliphatic heterocycles. The van der Waals surface area contributed by atoms with E-state index in [-0.39, 0.29) is 5.56 Å². The fraction of sp³-hybridized carbons (Fsp3) is 0.231. The first-order valence-electron chi connectivity index (χ1n) is 5.72. The van der Waals surface area contributed by atoms with Crippen LogP contribution in [0.3, 0.4) is 0 Å². The second-order valence-electron chi connectivity index (χ2n) is 3.80. The largest absolute Gasteiger partial charge is 0.492 e. The van der Waals surface area contributed by atoms with Gasteiger partial charge in [0.25, 0.3) is 5.56 Å². The first-order chi connectivity index (χ1) is 8.79. The Balaban J connectivity index is 1.88. The highest BCUT2D eigenvalue weighted by Crippen LogP contribution is 2.11. The Kier molecular flexibility index (Phi) is 4.09. The lowest BCUT2D eigenvalue weighted by molar-refractivity contribution is 0.296. The van der Waals surface area contributed by atoms with Gasteiger partial charge in [-0.25, -0.2) is 0 Å². The lowest BCUT2D eigenvalue weighted by Crippen LogP contribution is -2.22. The van der Waals surface area contributed by atoms with Gasteiger partial charge in [0.1, 0.15) is 12.4 Å². The van der Waals surface area contributed by atoms with Crippen LogP contribution >= 0.6 is 0 Å². The number of ether oxygens (including phenoxy) is 1. The highest BCUT2D eigenvalue weighted by molar-refractivity contribution is 5.26. The molecule has 2 N–H and O–H groups in total. The number of hydrogen-bond donors (Lipinski definition) is 1. The molecule has 5 heteroatoms. The Morgan fingerprint density at radius 3 is 2.72 bits per heavy atom. The molecule has 0 fully saturated rings. The van der Waals surface area contributed by atoms with Crippen LogP contribution in [0.5, 0.6) is 5.75 Å². The van der Waals surface area contributed by atoms with E-state index in [4.69, 9.17) is 10.5 Å². The summed E-state index contributed by atoms with van der Waals surface area (Å²) in [7, 11) is 0. The summed E-state index contributed by atoms with van der Waals surface area (Å²) in [6, 6.07) is 7.59. The van der Waals surface area contributed by atoms with Crippen LogP contribution in [0.15, 0.2) is 47.7 Å². The standard InChI is InChI=1S/C13H15N3O2/c14-9-11-1-3-12(4-2-11)18-8-7-16-6-5-15-10-13(16)17/h1-6,10H,7-9,14H2. The Labute approximate surface area is 105 Å². The SMILES string of the molecule is NCc1ccc(OCCn2ccncc2=O)cc1. The molecule has 0 saturated carbocycles. The minimum absolute atomic E-state index is 0.125. The van der Waals surface area contributed by atoms with Gasteiger partial charge in [-0.3, -0.25) is 9.78 Å². The van der Waals surface area contributed by atoms with Gasteiger partial charge in [-0.2, -0.15) is 0 Å². The summed E-state index contributed by atoms with van der Waals surface area (Å²) >= 11 is 0. The molecule has 94 valence electrons. The quantitative estimate of drug-likeness (QED) is 0.845. The summed E-state index contributed by atoms with van der Waals surface area (Å²) in [4.78, 5) is 15.1. The average Bonchev–Trinajstić information content (AvgIpc) is 2.42. The van der Waals surface area contributed by atoms with E-state index in [9.17, 15) is 4.79 Å². The van der Waals surface area contributed by atoms with Gasteiger partial charge >= 0.3 is 0 Å². The van der Waals surface area contributed by atoms with E-state index in [1.165, 1.54) is 6.20 Å². The third kappa shape index (κ3) is 3.18. The monoisotopic (exact) mass is 245 g/mol. The average molecular weight is 245 g/mol. The third-order valence-corrected chi connectivity index (χ3v) is 2.56. The van der Waals surface area contributed by atoms with Gasteiger partial charge < -0.3 is 15.0 Å². The van der Waals surface area contributed by atoms with Crippen molar-refractivity contribution in [1.82, 2.24) is 9.55 Å². The van der Waals surface area contributed by atoms with Crippen LogP contribution in [-0.4, -0.2) is 16.2 Å². The normalized spacial score (nSPS) is 10.3. The number of nitrogens with two attached hydrogens (primary N) is 1. The van der Waals surface area contributed by atoms with E-state index in [0.29, 0.717) is 19.7 Å². The molecule has 0 unspecified atom stereocenters. The van der Waals surface area contributed by atoms with Crippen LogP contribution in [-0.2, 0) is 13.1 Å². The molecule has 0 spiro atoms. The van der Waals surface area contributed by atoms with Gasteiger partial charge in [-0.1, -0.05) is 12.1 Å². The zero-order chi connectivity index (χ0) is 12.8. The number of rotatable bonds is 5. The predicted molar refractivity (Wildman–Crippen MR) is 68.3 cm³/mol. The zero-order valence-corrected chi connectivity index (χ0v) is 9.95. The summed E-state index contributed by atoms with van der Waals surface area (Å²) in [5, 5.41) is 0. The van der Waals surface area contributed by atoms with E-state index in [2.05, 4.69) is 4.98 Å². The smallest absolute Gasteiger partial charge is 0.269 e. The van der Waals surface area contributed by atoms with Crippen LogP contribution in [0.1, 0.15) is 5.56 Å². The summed E-state index contributed by atoms with van der Waals surface area (Å²) in [5.74, 6) is 0.773. The number of hydrogen-bond acceptors (Lipinski definition) is 4. The predicted octanol–water partition coefficient (Wildman–Crippen LogP) is 0.781. The summed E-state index contributed by atoms with van der Waals surface area (Å²) in [6.45, 7) is 1.46. The first kappa shape index (κ1) is 12.3. The van der Waals surface area contributed by atoms with Gasteiger partial charge in [0.15, 0.2) is 0 Å². The molecule has 1 heterocycles. The fourth-order valence-electron chi connectivity index (χ4n) is 1.54. The maximum absolute atomic E-state index is 11.4. The molecule has 0 amide bonds. The summed E-state index contributed by atoms with van der Waals surface area (Å²) in [5.41, 5.74) is 6.45. The molecule has 5 nitrogen and oxygen atoms in total. The molecule has 2 aromatic rings. The third-order valence-electron chi connectivity index (χ3n) is 2.56. The van der Waals surface area contributed by atoms with Crippen LogP contribution in [0.2, 0.25) is 0 Å². The Morgan fingerprint density at radius 2 is 2.06 bits per heavy atom. The molecular weight excluding hydrogens is 230 g/mol. The van der Waals surface area contributed by atoms with Crippen molar-refractivity contribution in [2.45, 2.75) is 13.1 Å². The molecule has 1 aromatic heterocycles. The Morgan fingerprint density at radius 1 is 1.28 bits per heavy atom. The molecule has 0 saturated heterocycles. The first-order valence-corrected chi connectivity index (χ1v) is 5.72. The second-order valence-corrected chi connectivity index (χ2v) is 3.80. The van der Waals surface area contributed by atoms with Crippen molar-refractivity contribution in [2.75, 3.05) is 6.61 Å². The molecule has 0 atom stereocenters. The maximum Gasteiger partial charge on any atom is 0.269 e. The summed E-state index contributed by atoms with van der Waals surface area (Å²) < 4.78 is 7.10. The van der Waals surface area contributed by atoms with E-state index < -0.39 is 0 Å². The lowest BCUT2D eigenvalue weighted by atomic mass is 10.2. The van der Waals surface area contributed by atoms with E-state index in [1.54, 1.807) is 17.0 Å². The minimum Gasteiger partial charge on any atom is -0.492 e. The molecule has 2 rings (SSSR count). The van der Waals surface area contributed by atoms with Crippen molar-refractivity contribution in [2.24, 2.45) is 5.73 Å². The van der Waals surface area contributed by atoms with Gasteiger partial charge in [-0.05, 0) is 17.7 Å². The Bertz CT molecular complexity index is 549. The highest BCUT2D eigenvalue weighted by atomic mass is 16.5. The summed E-state index contributed by atoms with van der Waals surface area (Å²) in [6.07, 6.45) is 4.51. The zero-order valence-electron chi connectivity index (χ0n) is 9.95. The number of benzene rings is 1. The van der Waals surface area contributed by atoms with E-state index in [0.717, 1.165) is 11.3 Å². The maximum atomic E-state index is 11.4. The number of nitrogens with zero attached hydrogens (tertiary/aromatic N) is 2. The van der Waals surface area contributed by atoms with Gasteiger partial charge in [0, 0.05) is 18.9 Å². The van der Waals surface area contributed by atoms with Crippen molar-refractivity contribution in [3.63, 3.8) is 0 Å². The fourth-order valence-corrected chi connectivity index (χ4v) is 1.54. The van der Waals surface area contributed by atoms with Gasteiger partial charge in [0.2, 0.25) is 0 Å². The molecule has 0 bridgehead atoms. The van der Waals surface area contributed by atoms with Crippen LogP contribution in [0.4, 0.5) is 0 Å². The Hall–Kier alpha value is -2.14. The molecule has 18 heavy (non-hydrogen) atoms. The second kappa shape index (κ2) is 5.97. The molecule has 0 aliphatic carbocycles. The van der Waals surface area contributed by atoms with Crippen molar-refractivity contribution < 1.29 is 4.74 Å². The topological polar surface area (TPSA) is 70.1 Å². The van der Waals surface area contributed by atoms with Crippen LogP contribution in [0, 0.1) is 0 Å². The van der Waals surface area contributed by atoms with Gasteiger partial charge in [0.05, 0.1) is 12.7 Å². The number of aromatic nitrogens is 2. The lowest BCUT2D eigenvalue weighted by Gasteiger charge is -2.08. The van der Waals surface area contributed by atoms with Crippen LogP contribution < -0.4 is 16.0 Å². The molecular formula is C13H15N3O2. The van der Waals surface area contributed by atoms with Crippen molar-refractivity contribution in [3.8, 4) is 5.75 Å². The minimum atomic E-state index is -0.125. The van der Waals surface area contributed by atoms with Crippen molar-refractivity contribution in [1.29, 1.82) is 0 Å². The van der Waals surface area contributed by atoms with Crippen molar-refractivity contribution in [3.05, 3.63) is 58.8 Å². The van der Waals surface area contributed by atoms with Gasteiger partial charge in [-0.15, -0.1) is 0 Å². The molecule has 1 aromatic carbocycles. The highest BCUT2D eigenvalue weighted by Gasteiger charge is 1.97.